The van der Waals surface area contributed by atoms with Gasteiger partial charge in [0, 0.05) is 31.1 Å². The van der Waals surface area contributed by atoms with Crippen LogP contribution in [0.5, 0.6) is 0 Å². The number of nitrogens with zero attached hydrogens (tertiary/aromatic N) is 5. The van der Waals surface area contributed by atoms with Crippen molar-refractivity contribution in [2.45, 2.75) is 19.1 Å². The number of rotatable bonds is 3. The van der Waals surface area contributed by atoms with Crippen molar-refractivity contribution in [3.8, 4) is 0 Å². The molecule has 3 aromatic rings. The predicted octanol–water partition coefficient (Wildman–Crippen LogP) is 1.93. The molecule has 4 rings (SSSR count). The molecule has 140 valence electrons. The van der Waals surface area contributed by atoms with Gasteiger partial charge in [0.15, 0.2) is 17.3 Å². The lowest BCUT2D eigenvalue weighted by Crippen LogP contribution is -2.37. The van der Waals surface area contributed by atoms with E-state index in [4.69, 9.17) is 28.0 Å². The van der Waals surface area contributed by atoms with E-state index in [0.717, 1.165) is 10.1 Å². The lowest BCUT2D eigenvalue weighted by molar-refractivity contribution is 0.0733. The number of aryl methyl sites for hydroxylation is 1. The van der Waals surface area contributed by atoms with Gasteiger partial charge in [-0.3, -0.25) is 13.9 Å². The minimum Gasteiger partial charge on any atom is -0.390 e. The molecule has 8 nitrogen and oxygen atoms in total. The van der Waals surface area contributed by atoms with Crippen LogP contribution in [0.4, 0.5) is 0 Å². The van der Waals surface area contributed by atoms with Crippen molar-refractivity contribution in [2.24, 2.45) is 19.3 Å². The van der Waals surface area contributed by atoms with Crippen LogP contribution in [0.1, 0.15) is 12.0 Å². The highest BCUT2D eigenvalue weighted by Gasteiger charge is 2.25. The van der Waals surface area contributed by atoms with Gasteiger partial charge in [0.05, 0.1) is 23.6 Å². The van der Waals surface area contributed by atoms with Crippen molar-refractivity contribution in [3.05, 3.63) is 61.0 Å². The fourth-order valence-electron chi connectivity index (χ4n) is 3.16. The Kier molecular flexibility index (Phi) is 4.32. The third-order valence-electron chi connectivity index (χ3n) is 4.59. The first kappa shape index (κ1) is 17.8. The second-order valence-corrected chi connectivity index (χ2v) is 7.21. The van der Waals surface area contributed by atoms with Crippen LogP contribution < -0.4 is 11.2 Å². The maximum Gasteiger partial charge on any atom is 0.332 e. The lowest BCUT2D eigenvalue weighted by atomic mass is 10.0. The van der Waals surface area contributed by atoms with Gasteiger partial charge in [-0.05, 0) is 12.1 Å². The molecule has 1 aliphatic rings. The zero-order chi connectivity index (χ0) is 19.3. The maximum absolute atomic E-state index is 12.5. The highest BCUT2D eigenvalue weighted by atomic mass is 35.5. The number of benzene rings is 1. The molecule has 0 bridgehead atoms. The molecule has 0 radical (unpaired) electrons. The molecular weight excluding hydrogens is 393 g/mol. The van der Waals surface area contributed by atoms with Crippen molar-refractivity contribution in [1.82, 2.24) is 18.7 Å². The van der Waals surface area contributed by atoms with Gasteiger partial charge < -0.3 is 9.40 Å². The Morgan fingerprint density at radius 2 is 2.00 bits per heavy atom. The van der Waals surface area contributed by atoms with E-state index in [9.17, 15) is 9.59 Å². The number of halogens is 2. The first-order chi connectivity index (χ1) is 12.9. The van der Waals surface area contributed by atoms with Gasteiger partial charge in [0.2, 0.25) is 0 Å². The quantitative estimate of drug-likeness (QED) is 0.663. The van der Waals surface area contributed by atoms with Gasteiger partial charge in [0.25, 0.3) is 5.56 Å². The van der Waals surface area contributed by atoms with Gasteiger partial charge in [-0.25, -0.2) is 9.78 Å². The molecule has 0 unspecified atom stereocenters. The second-order valence-electron chi connectivity index (χ2n) is 6.37. The van der Waals surface area contributed by atoms with E-state index in [2.05, 4.69) is 10.1 Å². The standard InChI is InChI=1S/C17H15Cl2N5O3/c1-22-15-14(16(25)23(2)17(22)26)24(8-20-15)7-10-6-13(21-27-10)11-4-3-9(18)5-12(11)19/h3-5,8,10H,6-7H2,1-2H3/t10-/m0/s1. The lowest BCUT2D eigenvalue weighted by Gasteiger charge is -2.10. The summed E-state index contributed by atoms with van der Waals surface area (Å²) in [6.45, 7) is 0.363. The molecule has 0 saturated carbocycles. The molecule has 2 aromatic heterocycles. The Bertz CT molecular complexity index is 1210. The molecule has 0 amide bonds. The molecule has 1 aromatic carbocycles. The van der Waals surface area contributed by atoms with Crippen LogP contribution in [0, 0.1) is 0 Å². The predicted molar refractivity (Wildman–Crippen MR) is 103 cm³/mol. The molecule has 10 heteroatoms. The van der Waals surface area contributed by atoms with Crippen LogP contribution in [-0.4, -0.2) is 30.5 Å². The van der Waals surface area contributed by atoms with Gasteiger partial charge >= 0.3 is 5.69 Å². The van der Waals surface area contributed by atoms with Crippen LogP contribution in [0.3, 0.4) is 0 Å². The van der Waals surface area contributed by atoms with Gasteiger partial charge in [-0.1, -0.05) is 34.4 Å². The molecule has 27 heavy (non-hydrogen) atoms. The molecular formula is C17H15Cl2N5O3. The van der Waals surface area contributed by atoms with Crippen LogP contribution in [0.2, 0.25) is 10.0 Å². The van der Waals surface area contributed by atoms with E-state index >= 15 is 0 Å². The Hall–Kier alpha value is -2.58. The average Bonchev–Trinajstić information content (AvgIpc) is 3.26. The van der Waals surface area contributed by atoms with E-state index < -0.39 is 11.2 Å². The summed E-state index contributed by atoms with van der Waals surface area (Å²) in [5, 5.41) is 5.18. The Morgan fingerprint density at radius 1 is 1.22 bits per heavy atom. The molecule has 1 aliphatic heterocycles. The number of fused-ring (bicyclic) bond motifs is 1. The van der Waals surface area contributed by atoms with Crippen molar-refractivity contribution in [3.63, 3.8) is 0 Å². The van der Waals surface area contributed by atoms with E-state index in [-0.39, 0.29) is 6.10 Å². The molecule has 0 saturated heterocycles. The fraction of sp³-hybridized carbons (Fsp3) is 0.294. The summed E-state index contributed by atoms with van der Waals surface area (Å²) < 4.78 is 4.09. The zero-order valence-electron chi connectivity index (χ0n) is 14.5. The number of imidazole rings is 1. The zero-order valence-corrected chi connectivity index (χ0v) is 16.0. The van der Waals surface area contributed by atoms with Crippen LogP contribution in [0.25, 0.3) is 11.2 Å². The highest BCUT2D eigenvalue weighted by molar-refractivity contribution is 6.37. The normalized spacial score (nSPS) is 16.6. The third-order valence-corrected chi connectivity index (χ3v) is 5.14. The first-order valence-electron chi connectivity index (χ1n) is 8.15. The number of hydrogen-bond donors (Lipinski definition) is 0. The van der Waals surface area contributed by atoms with E-state index in [1.165, 1.54) is 17.9 Å². The first-order valence-corrected chi connectivity index (χ1v) is 8.91. The van der Waals surface area contributed by atoms with Crippen LogP contribution in [0.15, 0.2) is 39.3 Å². The molecule has 0 N–H and O–H groups in total. The summed E-state index contributed by atoms with van der Waals surface area (Å²) in [5.41, 5.74) is 1.34. The van der Waals surface area contributed by atoms with E-state index in [0.29, 0.717) is 39.9 Å². The largest absolute Gasteiger partial charge is 0.390 e. The minimum atomic E-state index is -0.419. The summed E-state index contributed by atoms with van der Waals surface area (Å²) >= 11 is 12.2. The van der Waals surface area contributed by atoms with Gasteiger partial charge in [-0.2, -0.15) is 0 Å². The van der Waals surface area contributed by atoms with E-state index in [1.54, 1.807) is 29.8 Å². The number of aromatic nitrogens is 4. The SMILES string of the molecule is Cn1c(=O)c2c(ncn2C[C@@H]2CC(c3ccc(Cl)cc3Cl)=NO2)n(C)c1=O. The van der Waals surface area contributed by atoms with Crippen molar-refractivity contribution in [2.75, 3.05) is 0 Å². The molecule has 1 atom stereocenters. The summed E-state index contributed by atoms with van der Waals surface area (Å²) in [7, 11) is 3.02. The molecule has 0 fully saturated rings. The summed E-state index contributed by atoms with van der Waals surface area (Å²) in [4.78, 5) is 34.3. The smallest absolute Gasteiger partial charge is 0.332 e. The van der Waals surface area contributed by atoms with E-state index in [1.807, 2.05) is 0 Å². The minimum absolute atomic E-state index is 0.286. The van der Waals surface area contributed by atoms with Crippen LogP contribution >= 0.6 is 23.2 Å². The number of hydrogen-bond acceptors (Lipinski definition) is 5. The van der Waals surface area contributed by atoms with Crippen LogP contribution in [-0.2, 0) is 25.5 Å². The second kappa shape index (κ2) is 6.54. The van der Waals surface area contributed by atoms with Crippen molar-refractivity contribution < 1.29 is 4.84 Å². The Balaban J connectivity index is 1.62. The van der Waals surface area contributed by atoms with Crippen molar-refractivity contribution >= 4 is 40.1 Å². The summed E-state index contributed by atoms with van der Waals surface area (Å²) in [6, 6.07) is 5.20. The molecule has 0 aliphatic carbocycles. The van der Waals surface area contributed by atoms with Crippen molar-refractivity contribution in [1.29, 1.82) is 0 Å². The van der Waals surface area contributed by atoms with Gasteiger partial charge in [-0.15, -0.1) is 0 Å². The summed E-state index contributed by atoms with van der Waals surface area (Å²) in [6.07, 6.45) is 1.76. The van der Waals surface area contributed by atoms with Gasteiger partial charge in [0.1, 0.15) is 0 Å². The Labute approximate surface area is 163 Å². The maximum atomic E-state index is 12.5. The fourth-order valence-corrected chi connectivity index (χ4v) is 3.68. The highest BCUT2D eigenvalue weighted by Crippen LogP contribution is 2.26. The molecule has 0 spiro atoms. The Morgan fingerprint density at radius 3 is 2.74 bits per heavy atom. The number of oxime groups is 1. The monoisotopic (exact) mass is 407 g/mol. The summed E-state index contributed by atoms with van der Waals surface area (Å²) in [5.74, 6) is 0. The topological polar surface area (TPSA) is 83.4 Å². The average molecular weight is 408 g/mol. The third kappa shape index (κ3) is 2.94. The molecule has 3 heterocycles.